The fraction of sp³-hybridized carbons (Fsp3) is 0.360. The Balaban J connectivity index is 1.65. The Kier molecular flexibility index (Phi) is 7.10. The van der Waals surface area contributed by atoms with E-state index in [2.05, 4.69) is 10.6 Å². The molecule has 3 atom stereocenters. The molecule has 2 aliphatic rings. The number of nitrogens with zero attached hydrogens (tertiary/aromatic N) is 1. The van der Waals surface area contributed by atoms with Gasteiger partial charge in [-0.3, -0.25) is 4.79 Å². The molecule has 2 heterocycles. The third kappa shape index (κ3) is 4.88. The zero-order valence-corrected chi connectivity index (χ0v) is 19.2. The van der Waals surface area contributed by atoms with Crippen molar-refractivity contribution in [3.8, 4) is 17.2 Å². The predicted octanol–water partition coefficient (Wildman–Crippen LogP) is 3.45. The number of carboxylic acid groups (broad SMARTS) is 1. The summed E-state index contributed by atoms with van der Waals surface area (Å²) in [6, 6.07) is 12.2. The highest BCUT2D eigenvalue weighted by Gasteiger charge is 2.46. The van der Waals surface area contributed by atoms with E-state index in [-0.39, 0.29) is 18.7 Å². The smallest absolute Gasteiger partial charge is 0.318 e. The number of carbonyl (C=O) groups is 2. The molecule has 0 spiro atoms. The van der Waals surface area contributed by atoms with Gasteiger partial charge < -0.3 is 34.9 Å². The molecule has 34 heavy (non-hydrogen) atoms. The summed E-state index contributed by atoms with van der Waals surface area (Å²) in [6.07, 6.45) is 4.12. The molecule has 9 heteroatoms. The van der Waals surface area contributed by atoms with Crippen molar-refractivity contribution < 1.29 is 28.9 Å². The summed E-state index contributed by atoms with van der Waals surface area (Å²) in [5, 5.41) is 15.7. The van der Waals surface area contributed by atoms with E-state index < -0.39 is 17.9 Å². The lowest BCUT2D eigenvalue weighted by Crippen LogP contribution is -2.33. The highest BCUT2D eigenvalue weighted by atomic mass is 16.7. The Morgan fingerprint density at radius 1 is 1.15 bits per heavy atom. The summed E-state index contributed by atoms with van der Waals surface area (Å²) in [5.74, 6) is 0.0283. The Bertz CT molecular complexity index is 1060. The van der Waals surface area contributed by atoms with Gasteiger partial charge in [-0.2, -0.15) is 0 Å². The van der Waals surface area contributed by atoms with Gasteiger partial charge in [0.05, 0.1) is 19.1 Å². The maximum atomic E-state index is 12.6. The van der Waals surface area contributed by atoms with Crippen molar-refractivity contribution in [1.29, 1.82) is 0 Å². The number of rotatable bonds is 8. The normalized spacial score (nSPS) is 21.0. The minimum atomic E-state index is -0.895. The van der Waals surface area contributed by atoms with Crippen molar-refractivity contribution >= 4 is 12.0 Å². The molecule has 1 saturated heterocycles. The quantitative estimate of drug-likeness (QED) is 0.546. The number of methoxy groups -OCH3 is 1. The number of fused-ring (bicyclic) bond motifs is 1. The summed E-state index contributed by atoms with van der Waals surface area (Å²) < 4.78 is 16.2. The van der Waals surface area contributed by atoms with Crippen LogP contribution in [0.3, 0.4) is 0 Å². The van der Waals surface area contributed by atoms with E-state index >= 15 is 0 Å². The summed E-state index contributed by atoms with van der Waals surface area (Å²) in [6.45, 7) is 3.15. The molecule has 1 fully saturated rings. The lowest BCUT2D eigenvalue weighted by atomic mass is 9.83. The predicted molar refractivity (Wildman–Crippen MR) is 125 cm³/mol. The van der Waals surface area contributed by atoms with Crippen molar-refractivity contribution in [2.75, 3.05) is 27.0 Å². The molecule has 0 saturated carbocycles. The molecule has 2 aromatic rings. The van der Waals surface area contributed by atoms with Crippen molar-refractivity contribution in [1.82, 2.24) is 15.5 Å². The third-order valence-electron chi connectivity index (χ3n) is 6.12. The molecule has 3 unspecified atom stereocenters. The average molecular weight is 468 g/mol. The van der Waals surface area contributed by atoms with Crippen LogP contribution < -0.4 is 24.8 Å². The summed E-state index contributed by atoms with van der Waals surface area (Å²) in [7, 11) is 1.59. The first-order chi connectivity index (χ1) is 16.5. The summed E-state index contributed by atoms with van der Waals surface area (Å²) >= 11 is 0. The van der Waals surface area contributed by atoms with E-state index in [1.165, 1.54) is 0 Å². The lowest BCUT2D eigenvalue weighted by molar-refractivity contribution is -0.143. The van der Waals surface area contributed by atoms with Gasteiger partial charge in [0.25, 0.3) is 0 Å². The van der Waals surface area contributed by atoms with E-state index in [0.29, 0.717) is 30.3 Å². The molecule has 4 rings (SSSR count). The minimum Gasteiger partial charge on any atom is -0.497 e. The largest absolute Gasteiger partial charge is 0.497 e. The summed E-state index contributed by atoms with van der Waals surface area (Å²) in [4.78, 5) is 26.5. The van der Waals surface area contributed by atoms with E-state index in [1.807, 2.05) is 54.3 Å². The number of carboxylic acids is 1. The third-order valence-corrected chi connectivity index (χ3v) is 6.12. The molecular formula is C25H29N3O6. The monoisotopic (exact) mass is 467 g/mol. The molecule has 0 radical (unpaired) electrons. The number of ether oxygens (including phenoxy) is 3. The number of urea groups is 1. The van der Waals surface area contributed by atoms with Crippen molar-refractivity contribution in [2.45, 2.75) is 25.3 Å². The van der Waals surface area contributed by atoms with Gasteiger partial charge in [0.1, 0.15) is 5.75 Å². The Labute approximate surface area is 198 Å². The molecule has 0 bridgehead atoms. The van der Waals surface area contributed by atoms with Gasteiger partial charge in [0.15, 0.2) is 11.5 Å². The zero-order chi connectivity index (χ0) is 24.1. The van der Waals surface area contributed by atoms with Crippen molar-refractivity contribution in [3.05, 3.63) is 66.0 Å². The van der Waals surface area contributed by atoms with Gasteiger partial charge in [0.2, 0.25) is 6.79 Å². The second kappa shape index (κ2) is 10.4. The number of amides is 2. The Morgan fingerprint density at radius 2 is 1.88 bits per heavy atom. The molecule has 2 aromatic carbocycles. The SMILES string of the molecule is CCCNC(=O)NC=CN1CC(c2ccc3c(c2)OCO3)C(C(=O)O)C1c1ccc(OC)cc1. The van der Waals surface area contributed by atoms with Crippen LogP contribution in [-0.2, 0) is 4.79 Å². The zero-order valence-electron chi connectivity index (χ0n) is 19.2. The number of hydrogen-bond acceptors (Lipinski definition) is 6. The Hall–Kier alpha value is -3.88. The van der Waals surface area contributed by atoms with Crippen molar-refractivity contribution in [2.24, 2.45) is 5.92 Å². The fourth-order valence-electron chi connectivity index (χ4n) is 4.50. The maximum absolute atomic E-state index is 12.6. The van der Waals surface area contributed by atoms with E-state index in [0.717, 1.165) is 17.5 Å². The lowest BCUT2D eigenvalue weighted by Gasteiger charge is -2.26. The maximum Gasteiger partial charge on any atom is 0.318 e. The van der Waals surface area contributed by atoms with E-state index in [9.17, 15) is 14.7 Å². The molecule has 3 N–H and O–H groups in total. The van der Waals surface area contributed by atoms with E-state index in [4.69, 9.17) is 14.2 Å². The minimum absolute atomic E-state index is 0.154. The van der Waals surface area contributed by atoms with Crippen LogP contribution in [0.2, 0.25) is 0 Å². The standard InChI is InChI=1S/C25H29N3O6/c1-3-10-26-25(31)27-11-12-28-14-19(17-6-9-20-21(13-17)34-15-33-20)22(24(29)30)23(28)16-4-7-18(32-2)8-5-16/h4-9,11-13,19,22-23H,3,10,14-15H2,1-2H3,(H,29,30)(H2,26,27,31). The highest BCUT2D eigenvalue weighted by Crippen LogP contribution is 2.48. The second-order valence-corrected chi connectivity index (χ2v) is 8.21. The van der Waals surface area contributed by atoms with Crippen molar-refractivity contribution in [3.63, 3.8) is 0 Å². The molecule has 2 amide bonds. The molecule has 180 valence electrons. The van der Waals surface area contributed by atoms with Gasteiger partial charge in [-0.15, -0.1) is 0 Å². The number of benzene rings is 2. The van der Waals surface area contributed by atoms with Crippen LogP contribution in [0.25, 0.3) is 0 Å². The van der Waals surface area contributed by atoms with Crippen LogP contribution >= 0.6 is 0 Å². The van der Waals surface area contributed by atoms with Gasteiger partial charge in [0, 0.05) is 31.4 Å². The number of hydrogen-bond donors (Lipinski definition) is 3. The number of carbonyl (C=O) groups excluding carboxylic acids is 1. The van der Waals surface area contributed by atoms with Crippen LogP contribution in [-0.4, -0.2) is 49.0 Å². The molecule has 0 aliphatic carbocycles. The van der Waals surface area contributed by atoms with Gasteiger partial charge >= 0.3 is 12.0 Å². The first-order valence-electron chi connectivity index (χ1n) is 11.2. The Morgan fingerprint density at radius 3 is 2.59 bits per heavy atom. The number of aliphatic carboxylic acids is 1. The summed E-state index contributed by atoms with van der Waals surface area (Å²) in [5.41, 5.74) is 1.70. The highest BCUT2D eigenvalue weighted by molar-refractivity contribution is 5.75. The molecule has 9 nitrogen and oxygen atoms in total. The van der Waals surface area contributed by atoms with Gasteiger partial charge in [-0.25, -0.2) is 4.79 Å². The average Bonchev–Trinajstić information content (AvgIpc) is 3.47. The molecule has 2 aliphatic heterocycles. The molecule has 0 aromatic heterocycles. The first-order valence-corrected chi connectivity index (χ1v) is 11.2. The van der Waals surface area contributed by atoms with Gasteiger partial charge in [-0.1, -0.05) is 25.1 Å². The number of nitrogens with one attached hydrogen (secondary N) is 2. The molecular weight excluding hydrogens is 438 g/mol. The topological polar surface area (TPSA) is 109 Å². The van der Waals surface area contributed by atoms with Crippen LogP contribution in [0.15, 0.2) is 54.9 Å². The first kappa shape index (κ1) is 23.3. The van der Waals surface area contributed by atoms with Gasteiger partial charge in [-0.05, 0) is 41.8 Å². The fourth-order valence-corrected chi connectivity index (χ4v) is 4.50. The van der Waals surface area contributed by atoms with E-state index in [1.54, 1.807) is 19.5 Å². The van der Waals surface area contributed by atoms with Crippen LogP contribution in [0, 0.1) is 5.92 Å². The second-order valence-electron chi connectivity index (χ2n) is 8.21. The number of likely N-dealkylation sites (tertiary alicyclic amines) is 1. The van der Waals surface area contributed by atoms with Crippen LogP contribution in [0.5, 0.6) is 17.2 Å². The van der Waals surface area contributed by atoms with Crippen LogP contribution in [0.4, 0.5) is 4.79 Å². The van der Waals surface area contributed by atoms with Crippen LogP contribution in [0.1, 0.15) is 36.4 Å².